The highest BCUT2D eigenvalue weighted by Gasteiger charge is 2.54. The summed E-state index contributed by atoms with van der Waals surface area (Å²) in [6.07, 6.45) is 2.40. The van der Waals surface area contributed by atoms with Crippen molar-refractivity contribution in [2.24, 2.45) is 0 Å². The number of benzene rings is 1. The number of hydrogen-bond acceptors (Lipinski definition) is 6. The largest absolute Gasteiger partial charge is 0.435 e. The van der Waals surface area contributed by atoms with E-state index in [1.807, 2.05) is 31.2 Å². The molecule has 3 atom stereocenters. The Morgan fingerprint density at radius 1 is 1.26 bits per heavy atom. The Balaban J connectivity index is 1.41. The average Bonchev–Trinajstić information content (AvgIpc) is 3.20. The topological polar surface area (TPSA) is 87.9 Å². The Morgan fingerprint density at radius 3 is 2.90 bits per heavy atom. The summed E-state index contributed by atoms with van der Waals surface area (Å²) in [6.45, 7) is 2.04. The molecule has 1 fully saturated rings. The second kappa shape index (κ2) is 5.79. The van der Waals surface area contributed by atoms with Crippen LogP contribution in [-0.4, -0.2) is 36.8 Å². The van der Waals surface area contributed by atoms with Crippen LogP contribution < -0.4 is 0 Å². The number of aromatic nitrogens is 4. The molecule has 156 valence electrons. The first kappa shape index (κ1) is 17.6. The molecule has 3 aromatic heterocycles. The Labute approximate surface area is 180 Å². The van der Waals surface area contributed by atoms with Gasteiger partial charge >= 0.3 is 0 Å². The third-order valence-corrected chi connectivity index (χ3v) is 7.89. The molecule has 0 bridgehead atoms. The highest BCUT2D eigenvalue weighted by atomic mass is 32.1. The van der Waals surface area contributed by atoms with E-state index < -0.39 is 18.3 Å². The van der Waals surface area contributed by atoms with Gasteiger partial charge in [0.1, 0.15) is 16.7 Å². The number of imidazole rings is 1. The minimum atomic E-state index is -1.43. The van der Waals surface area contributed by atoms with Gasteiger partial charge in [-0.05, 0) is 25.0 Å². The van der Waals surface area contributed by atoms with E-state index in [0.717, 1.165) is 33.8 Å². The van der Waals surface area contributed by atoms with Crippen LogP contribution in [0.4, 0.5) is 4.39 Å². The zero-order chi connectivity index (χ0) is 20.9. The number of halogens is 1. The van der Waals surface area contributed by atoms with Crippen LogP contribution in [0.15, 0.2) is 35.0 Å². The van der Waals surface area contributed by atoms with E-state index in [9.17, 15) is 4.79 Å². The SMILES string of the molecule is CC1(c2nc3c(o2)C(=O)N2C(Cc4[nH]cnc4[C@H]2c2nc4ccccc4s2)C3F)CC1. The molecule has 0 spiro atoms. The molecule has 1 amide bonds. The van der Waals surface area contributed by atoms with Crippen LogP contribution in [0.1, 0.15) is 70.5 Å². The van der Waals surface area contributed by atoms with E-state index in [4.69, 9.17) is 9.40 Å². The van der Waals surface area contributed by atoms with Crippen molar-refractivity contribution in [1.29, 1.82) is 0 Å². The van der Waals surface area contributed by atoms with E-state index in [0.29, 0.717) is 18.0 Å². The Hall–Kier alpha value is -3.07. The molecule has 1 N–H and O–H groups in total. The van der Waals surface area contributed by atoms with Crippen LogP contribution in [0.3, 0.4) is 0 Å². The molecule has 7 rings (SSSR count). The number of thiazole rings is 1. The van der Waals surface area contributed by atoms with E-state index in [-0.39, 0.29) is 22.8 Å². The zero-order valence-corrected chi connectivity index (χ0v) is 17.4. The molecule has 1 aliphatic carbocycles. The van der Waals surface area contributed by atoms with Gasteiger partial charge in [0, 0.05) is 17.5 Å². The summed E-state index contributed by atoms with van der Waals surface area (Å²) < 4.78 is 22.7. The lowest BCUT2D eigenvalue weighted by Crippen LogP contribution is -2.52. The number of aromatic amines is 1. The van der Waals surface area contributed by atoms with Crippen molar-refractivity contribution in [2.75, 3.05) is 0 Å². The van der Waals surface area contributed by atoms with Gasteiger partial charge in [-0.15, -0.1) is 11.3 Å². The fraction of sp³-hybridized carbons (Fsp3) is 0.364. The van der Waals surface area contributed by atoms with Crippen LogP contribution in [0.5, 0.6) is 0 Å². The first-order valence-electron chi connectivity index (χ1n) is 10.4. The van der Waals surface area contributed by atoms with Crippen LogP contribution in [0, 0.1) is 0 Å². The number of fused-ring (bicyclic) bond motifs is 4. The molecule has 3 aliphatic rings. The van der Waals surface area contributed by atoms with Gasteiger partial charge < -0.3 is 14.3 Å². The van der Waals surface area contributed by atoms with Crippen molar-refractivity contribution < 1.29 is 13.6 Å². The van der Waals surface area contributed by atoms with Gasteiger partial charge in [-0.25, -0.2) is 19.3 Å². The summed E-state index contributed by atoms with van der Waals surface area (Å²) in [5, 5.41) is 0.720. The Bertz CT molecular complexity index is 1340. The van der Waals surface area contributed by atoms with E-state index in [1.54, 1.807) is 11.2 Å². The lowest BCUT2D eigenvalue weighted by molar-refractivity contribution is 0.0294. The first-order chi connectivity index (χ1) is 15.0. The number of hydrogen-bond donors (Lipinski definition) is 1. The summed E-state index contributed by atoms with van der Waals surface area (Å²) in [7, 11) is 0. The molecule has 9 heteroatoms. The third-order valence-electron chi connectivity index (χ3n) is 6.80. The molecule has 1 saturated carbocycles. The van der Waals surface area contributed by atoms with E-state index in [1.165, 1.54) is 11.3 Å². The standard InChI is InChI=1S/C22H18FN5O2S/c1-22(6-7-22)21-27-16-14(23)12-8-11-15(25-9-24-11)17(28(12)20(29)18(16)30-21)19-26-10-4-2-3-5-13(10)31-19/h2-5,9,12,14,17H,6-8H2,1H3,(H,24,25)/t12?,14?,17-/m0/s1. The van der Waals surface area contributed by atoms with Crippen LogP contribution >= 0.6 is 11.3 Å². The maximum atomic E-state index is 15.8. The van der Waals surface area contributed by atoms with Crippen molar-refractivity contribution in [3.05, 3.63) is 64.3 Å². The van der Waals surface area contributed by atoms with Gasteiger partial charge in [0.2, 0.25) is 11.7 Å². The summed E-state index contributed by atoms with van der Waals surface area (Å²) in [5.41, 5.74) is 2.36. The highest BCUT2D eigenvalue weighted by Crippen LogP contribution is 2.51. The van der Waals surface area contributed by atoms with Crippen molar-refractivity contribution in [3.8, 4) is 0 Å². The number of oxazole rings is 1. The van der Waals surface area contributed by atoms with Gasteiger partial charge in [0.25, 0.3) is 5.91 Å². The first-order valence-corrected chi connectivity index (χ1v) is 11.2. The molecule has 1 aromatic carbocycles. The number of nitrogens with one attached hydrogen (secondary N) is 1. The van der Waals surface area contributed by atoms with Gasteiger partial charge in [-0.1, -0.05) is 19.1 Å². The average molecular weight is 435 g/mol. The monoisotopic (exact) mass is 435 g/mol. The van der Waals surface area contributed by atoms with Gasteiger partial charge in [0.15, 0.2) is 6.17 Å². The summed E-state index contributed by atoms with van der Waals surface area (Å²) in [5.74, 6) is 0.160. The van der Waals surface area contributed by atoms with Crippen molar-refractivity contribution in [3.63, 3.8) is 0 Å². The van der Waals surface area contributed by atoms with Crippen LogP contribution in [0.25, 0.3) is 10.2 Å². The van der Waals surface area contributed by atoms with Crippen molar-refractivity contribution >= 4 is 27.5 Å². The fourth-order valence-electron chi connectivity index (χ4n) is 4.75. The highest BCUT2D eigenvalue weighted by molar-refractivity contribution is 7.18. The van der Waals surface area contributed by atoms with E-state index in [2.05, 4.69) is 15.0 Å². The summed E-state index contributed by atoms with van der Waals surface area (Å²) in [6, 6.07) is 6.57. The molecule has 2 unspecified atom stereocenters. The molecule has 0 radical (unpaired) electrons. The molecule has 0 saturated heterocycles. The number of alkyl halides is 1. The Morgan fingerprint density at radius 2 is 2.10 bits per heavy atom. The van der Waals surface area contributed by atoms with Gasteiger partial charge in [0.05, 0.1) is 28.3 Å². The smallest absolute Gasteiger partial charge is 0.293 e. The number of para-hydroxylation sites is 1. The zero-order valence-electron chi connectivity index (χ0n) is 16.6. The normalized spacial score (nSPS) is 25.9. The molecular formula is C22H18FN5O2S. The third kappa shape index (κ3) is 2.32. The molecule has 31 heavy (non-hydrogen) atoms. The van der Waals surface area contributed by atoms with E-state index >= 15 is 4.39 Å². The molecule has 2 aliphatic heterocycles. The van der Waals surface area contributed by atoms with Gasteiger partial charge in [-0.2, -0.15) is 0 Å². The van der Waals surface area contributed by atoms with Crippen molar-refractivity contribution in [2.45, 2.75) is 49.9 Å². The quantitative estimate of drug-likeness (QED) is 0.509. The second-order valence-electron chi connectivity index (χ2n) is 8.87. The predicted octanol–water partition coefficient (Wildman–Crippen LogP) is 4.24. The lowest BCUT2D eigenvalue weighted by Gasteiger charge is -2.43. The fourth-order valence-corrected chi connectivity index (χ4v) is 5.82. The maximum absolute atomic E-state index is 15.8. The molecule has 5 heterocycles. The van der Waals surface area contributed by atoms with Crippen LogP contribution in [0.2, 0.25) is 0 Å². The van der Waals surface area contributed by atoms with Crippen molar-refractivity contribution in [1.82, 2.24) is 24.8 Å². The molecular weight excluding hydrogens is 417 g/mol. The number of H-pyrrole nitrogens is 1. The molecule has 7 nitrogen and oxygen atoms in total. The maximum Gasteiger partial charge on any atom is 0.293 e. The number of amides is 1. The minimum absolute atomic E-state index is 0.0250. The summed E-state index contributed by atoms with van der Waals surface area (Å²) >= 11 is 1.50. The predicted molar refractivity (Wildman–Crippen MR) is 111 cm³/mol. The molecule has 4 aromatic rings. The van der Waals surface area contributed by atoms with Crippen LogP contribution in [-0.2, 0) is 11.8 Å². The lowest BCUT2D eigenvalue weighted by atomic mass is 9.88. The number of nitrogens with zero attached hydrogens (tertiary/aromatic N) is 4. The van der Waals surface area contributed by atoms with Gasteiger partial charge in [-0.3, -0.25) is 4.79 Å². The summed E-state index contributed by atoms with van der Waals surface area (Å²) in [4.78, 5) is 32.1. The number of carbonyl (C=O) groups excluding carboxylic acids is 1. The minimum Gasteiger partial charge on any atom is -0.435 e. The second-order valence-corrected chi connectivity index (χ2v) is 9.93. The number of carbonyl (C=O) groups is 1. The number of rotatable bonds is 2. The Kier molecular flexibility index (Phi) is 3.29.